The second-order valence-corrected chi connectivity index (χ2v) is 3.91. The smallest absolute Gasteiger partial charge is 0.224 e. The highest BCUT2D eigenvalue weighted by molar-refractivity contribution is 7.12. The van der Waals surface area contributed by atoms with E-state index in [2.05, 4.69) is 4.98 Å². The summed E-state index contributed by atoms with van der Waals surface area (Å²) in [5.41, 5.74) is 0.812. The van der Waals surface area contributed by atoms with Gasteiger partial charge in [-0.05, 0) is 6.92 Å². The van der Waals surface area contributed by atoms with E-state index in [4.69, 9.17) is 23.2 Å². The van der Waals surface area contributed by atoms with Gasteiger partial charge in [0.05, 0.1) is 0 Å². The largest absolute Gasteiger partial charge is 0.288 e. The van der Waals surface area contributed by atoms with Crippen LogP contribution < -0.4 is 0 Å². The lowest BCUT2D eigenvalue weighted by Gasteiger charge is -1.93. The Balaban J connectivity index is 2.85. The fourth-order valence-corrected chi connectivity index (χ4v) is 1.66. The van der Waals surface area contributed by atoms with E-state index in [-0.39, 0.29) is 5.78 Å². The van der Waals surface area contributed by atoms with Gasteiger partial charge in [-0.15, -0.1) is 11.3 Å². The highest BCUT2D eigenvalue weighted by atomic mass is 35.5. The van der Waals surface area contributed by atoms with Crippen LogP contribution in [0.3, 0.4) is 0 Å². The van der Waals surface area contributed by atoms with Crippen LogP contribution in [0.2, 0.25) is 0 Å². The molecule has 5 heteroatoms. The van der Waals surface area contributed by atoms with E-state index in [1.54, 1.807) is 5.38 Å². The Morgan fingerprint density at radius 2 is 2.36 bits per heavy atom. The second-order valence-electron chi connectivity index (χ2n) is 1.96. The number of aryl methyl sites for hydroxylation is 1. The van der Waals surface area contributed by atoms with Crippen molar-refractivity contribution in [2.75, 3.05) is 0 Å². The monoisotopic (exact) mass is 209 g/mol. The van der Waals surface area contributed by atoms with Gasteiger partial charge in [0.15, 0.2) is 9.84 Å². The topological polar surface area (TPSA) is 30.0 Å². The number of hydrogen-bond acceptors (Lipinski definition) is 3. The number of rotatable bonds is 2. The van der Waals surface area contributed by atoms with Gasteiger partial charge in [-0.1, -0.05) is 23.2 Å². The van der Waals surface area contributed by atoms with Gasteiger partial charge in [-0.2, -0.15) is 0 Å². The number of ketones is 1. The van der Waals surface area contributed by atoms with Crippen molar-refractivity contribution in [3.05, 3.63) is 16.1 Å². The van der Waals surface area contributed by atoms with Crippen molar-refractivity contribution < 1.29 is 4.79 Å². The first-order chi connectivity index (χ1) is 5.11. The van der Waals surface area contributed by atoms with E-state index in [1.165, 1.54) is 11.3 Å². The molecule has 0 atom stereocenters. The van der Waals surface area contributed by atoms with Crippen LogP contribution in [-0.2, 0) is 0 Å². The van der Waals surface area contributed by atoms with Gasteiger partial charge < -0.3 is 0 Å². The van der Waals surface area contributed by atoms with Gasteiger partial charge in [-0.25, -0.2) is 4.98 Å². The number of thiazole rings is 1. The van der Waals surface area contributed by atoms with Gasteiger partial charge in [0, 0.05) is 11.1 Å². The molecule has 0 saturated carbocycles. The third-order valence-electron chi connectivity index (χ3n) is 1.03. The number of halogens is 2. The molecule has 2 nitrogen and oxygen atoms in total. The third-order valence-corrected chi connectivity index (χ3v) is 2.40. The maximum atomic E-state index is 11.0. The van der Waals surface area contributed by atoms with Crippen LogP contribution in [0.15, 0.2) is 5.38 Å². The molecule has 0 fully saturated rings. The van der Waals surface area contributed by atoms with Crippen molar-refractivity contribution in [3.8, 4) is 0 Å². The Hall–Kier alpha value is -0.120. The molecular formula is C6H5Cl2NOS. The summed E-state index contributed by atoms with van der Waals surface area (Å²) in [7, 11) is 0. The standard InChI is InChI=1S/C6H5Cl2NOS/c1-3-2-11-6(9-3)4(10)5(7)8/h2,5H,1H3. The molecule has 0 radical (unpaired) electrons. The van der Waals surface area contributed by atoms with Gasteiger partial charge in [0.1, 0.15) is 0 Å². The molecule has 0 N–H and O–H groups in total. The molecule has 0 aliphatic rings. The normalized spacial score (nSPS) is 10.5. The number of hydrogen-bond donors (Lipinski definition) is 0. The van der Waals surface area contributed by atoms with Crippen molar-refractivity contribution in [1.82, 2.24) is 4.98 Å². The van der Waals surface area contributed by atoms with E-state index >= 15 is 0 Å². The van der Waals surface area contributed by atoms with Gasteiger partial charge in [0.25, 0.3) is 0 Å². The third kappa shape index (κ3) is 2.15. The predicted molar refractivity (Wildman–Crippen MR) is 46.7 cm³/mol. The second kappa shape index (κ2) is 3.52. The molecule has 11 heavy (non-hydrogen) atoms. The zero-order valence-electron chi connectivity index (χ0n) is 5.67. The first kappa shape index (κ1) is 8.97. The maximum Gasteiger partial charge on any atom is 0.224 e. The Morgan fingerprint density at radius 1 is 1.73 bits per heavy atom. The van der Waals surface area contributed by atoms with Crippen LogP contribution in [0.4, 0.5) is 0 Å². The van der Waals surface area contributed by atoms with E-state index < -0.39 is 4.84 Å². The van der Waals surface area contributed by atoms with Gasteiger partial charge >= 0.3 is 0 Å². The summed E-state index contributed by atoms with van der Waals surface area (Å²) in [6, 6.07) is 0. The fourth-order valence-electron chi connectivity index (χ4n) is 0.560. The van der Waals surface area contributed by atoms with Crippen molar-refractivity contribution in [2.24, 2.45) is 0 Å². The van der Waals surface area contributed by atoms with Gasteiger partial charge in [0.2, 0.25) is 5.78 Å². The first-order valence-electron chi connectivity index (χ1n) is 2.85. The number of Topliss-reactive ketones (excluding diaryl/α,β-unsaturated/α-hetero) is 1. The maximum absolute atomic E-state index is 11.0. The van der Waals surface area contributed by atoms with E-state index in [1.807, 2.05) is 6.92 Å². The summed E-state index contributed by atoms with van der Waals surface area (Å²) in [6.45, 7) is 1.81. The molecule has 0 aliphatic heterocycles. The summed E-state index contributed by atoms with van der Waals surface area (Å²) in [5, 5.41) is 2.15. The summed E-state index contributed by atoms with van der Waals surface area (Å²) < 4.78 is 0. The number of aromatic nitrogens is 1. The molecule has 0 saturated heterocycles. The molecule has 1 heterocycles. The summed E-state index contributed by atoms with van der Waals surface area (Å²) in [6.07, 6.45) is 0. The number of carbonyl (C=O) groups excluding carboxylic acids is 1. The van der Waals surface area contributed by atoms with Crippen LogP contribution in [0.1, 0.15) is 15.5 Å². The van der Waals surface area contributed by atoms with E-state index in [0.29, 0.717) is 5.01 Å². The average Bonchev–Trinajstić information content (AvgIpc) is 2.34. The molecule has 0 unspecified atom stereocenters. The molecular weight excluding hydrogens is 205 g/mol. The minimum atomic E-state index is -0.999. The van der Waals surface area contributed by atoms with Crippen LogP contribution in [0.5, 0.6) is 0 Å². The summed E-state index contributed by atoms with van der Waals surface area (Å²) in [4.78, 5) is 14.0. The zero-order chi connectivity index (χ0) is 8.43. The van der Waals surface area contributed by atoms with Crippen molar-refractivity contribution >= 4 is 40.3 Å². The highest BCUT2D eigenvalue weighted by Gasteiger charge is 2.16. The predicted octanol–water partition coefficient (Wildman–Crippen LogP) is 2.44. The first-order valence-corrected chi connectivity index (χ1v) is 4.61. The Morgan fingerprint density at radius 3 is 2.73 bits per heavy atom. The van der Waals surface area contributed by atoms with Crippen molar-refractivity contribution in [2.45, 2.75) is 11.8 Å². The Bertz CT molecular complexity index is 271. The molecule has 1 aromatic heterocycles. The Labute approximate surface area is 78.2 Å². The molecule has 1 aromatic rings. The van der Waals surface area contributed by atoms with E-state index in [0.717, 1.165) is 5.69 Å². The minimum Gasteiger partial charge on any atom is -0.288 e. The lowest BCUT2D eigenvalue weighted by molar-refractivity contribution is 0.101. The van der Waals surface area contributed by atoms with Crippen LogP contribution in [0.25, 0.3) is 0 Å². The van der Waals surface area contributed by atoms with Crippen LogP contribution in [0, 0.1) is 6.92 Å². The lowest BCUT2D eigenvalue weighted by Crippen LogP contribution is -2.07. The average molecular weight is 210 g/mol. The molecule has 60 valence electrons. The molecule has 0 aromatic carbocycles. The summed E-state index contributed by atoms with van der Waals surface area (Å²) in [5.74, 6) is -0.327. The molecule has 0 aliphatic carbocycles. The van der Waals surface area contributed by atoms with Crippen LogP contribution in [-0.4, -0.2) is 15.6 Å². The van der Waals surface area contributed by atoms with E-state index in [9.17, 15) is 4.79 Å². The molecule has 0 spiro atoms. The number of nitrogens with zero attached hydrogens (tertiary/aromatic N) is 1. The van der Waals surface area contributed by atoms with Gasteiger partial charge in [-0.3, -0.25) is 4.79 Å². The van der Waals surface area contributed by atoms with Crippen LogP contribution >= 0.6 is 34.5 Å². The molecule has 0 bridgehead atoms. The lowest BCUT2D eigenvalue weighted by atomic mass is 10.4. The van der Waals surface area contributed by atoms with Crippen molar-refractivity contribution in [3.63, 3.8) is 0 Å². The molecule has 1 rings (SSSR count). The quantitative estimate of drug-likeness (QED) is 0.554. The molecule has 0 amide bonds. The number of alkyl halides is 2. The minimum absolute atomic E-state index is 0.327. The highest BCUT2D eigenvalue weighted by Crippen LogP contribution is 2.15. The Kier molecular flexibility index (Phi) is 2.87. The fraction of sp³-hybridized carbons (Fsp3) is 0.333. The van der Waals surface area contributed by atoms with Crippen molar-refractivity contribution in [1.29, 1.82) is 0 Å². The summed E-state index contributed by atoms with van der Waals surface area (Å²) >= 11 is 12.0. The number of carbonyl (C=O) groups is 1. The zero-order valence-corrected chi connectivity index (χ0v) is 8.00. The SMILES string of the molecule is Cc1csc(C(=O)C(Cl)Cl)n1.